The molecule has 1 saturated heterocycles. The summed E-state index contributed by atoms with van der Waals surface area (Å²) in [6.07, 6.45) is 1.18. The van der Waals surface area contributed by atoms with E-state index in [1.54, 1.807) is 29.7 Å². The first-order valence-electron chi connectivity index (χ1n) is 12.3. The normalized spacial score (nSPS) is 19.4. The van der Waals surface area contributed by atoms with E-state index in [1.807, 2.05) is 42.5 Å². The van der Waals surface area contributed by atoms with Crippen LogP contribution >= 0.6 is 11.3 Å². The van der Waals surface area contributed by atoms with Gasteiger partial charge in [0.05, 0.1) is 25.4 Å². The van der Waals surface area contributed by atoms with Gasteiger partial charge in [-0.15, -0.1) is 11.3 Å². The molecule has 0 radical (unpaired) electrons. The number of hydrogen-bond donors (Lipinski definition) is 4. The predicted octanol–water partition coefficient (Wildman–Crippen LogP) is 3.59. The molecule has 0 bridgehead atoms. The summed E-state index contributed by atoms with van der Waals surface area (Å²) in [5.74, 6) is -1.13. The van der Waals surface area contributed by atoms with Gasteiger partial charge in [0.1, 0.15) is 10.8 Å². The molecule has 2 amide bonds. The van der Waals surface area contributed by atoms with E-state index in [0.29, 0.717) is 36.4 Å². The Bertz CT molecular complexity index is 1380. The molecule has 5 N–H and O–H groups in total. The van der Waals surface area contributed by atoms with E-state index in [9.17, 15) is 18.0 Å². The number of hydroxylamine groups is 1. The molecule has 2 heterocycles. The van der Waals surface area contributed by atoms with E-state index in [2.05, 4.69) is 5.32 Å². The van der Waals surface area contributed by atoms with Crippen LogP contribution in [0.3, 0.4) is 0 Å². The number of thiophene rings is 1. The van der Waals surface area contributed by atoms with Crippen molar-refractivity contribution < 1.29 is 28.0 Å². The Labute approximate surface area is 225 Å². The molecule has 0 unspecified atom stereocenters. The fourth-order valence-corrected chi connectivity index (χ4v) is 8.37. The molecule has 0 aliphatic carbocycles. The molecule has 38 heavy (non-hydrogen) atoms. The van der Waals surface area contributed by atoms with Crippen molar-refractivity contribution in [2.24, 2.45) is 5.73 Å². The Morgan fingerprint density at radius 2 is 1.87 bits per heavy atom. The zero-order chi connectivity index (χ0) is 27.2. The zero-order valence-electron chi connectivity index (χ0n) is 20.8. The van der Waals surface area contributed by atoms with Crippen LogP contribution in [0, 0.1) is 0 Å². The number of benzene rings is 2. The Morgan fingerprint density at radius 3 is 2.61 bits per heavy atom. The van der Waals surface area contributed by atoms with Crippen LogP contribution in [-0.2, 0) is 35.5 Å². The lowest BCUT2D eigenvalue weighted by Crippen LogP contribution is -2.43. The van der Waals surface area contributed by atoms with E-state index < -0.39 is 26.5 Å². The average molecular weight is 558 g/mol. The van der Waals surface area contributed by atoms with Crippen molar-refractivity contribution in [2.45, 2.75) is 43.1 Å². The van der Waals surface area contributed by atoms with Gasteiger partial charge in [0.25, 0.3) is 0 Å². The van der Waals surface area contributed by atoms with E-state index in [0.717, 1.165) is 16.0 Å². The first kappa shape index (κ1) is 27.9. The summed E-state index contributed by atoms with van der Waals surface area (Å²) in [5, 5.41) is 11.9. The zero-order valence-corrected chi connectivity index (χ0v) is 22.4. The highest BCUT2D eigenvalue weighted by atomic mass is 32.2. The third-order valence-electron chi connectivity index (χ3n) is 6.63. The highest BCUT2D eigenvalue weighted by Gasteiger charge is 2.49. The molecule has 1 aliphatic rings. The van der Waals surface area contributed by atoms with Gasteiger partial charge in [0, 0.05) is 15.4 Å². The van der Waals surface area contributed by atoms with Crippen LogP contribution < -0.4 is 16.5 Å². The maximum atomic E-state index is 13.2. The van der Waals surface area contributed by atoms with E-state index >= 15 is 0 Å². The van der Waals surface area contributed by atoms with E-state index in [-0.39, 0.29) is 24.7 Å². The summed E-state index contributed by atoms with van der Waals surface area (Å²) in [6, 6.07) is 19.5. The van der Waals surface area contributed by atoms with Gasteiger partial charge in [-0.3, -0.25) is 14.8 Å². The number of anilines is 1. The second-order valence-electron chi connectivity index (χ2n) is 9.32. The average Bonchev–Trinajstić information content (AvgIpc) is 3.41. The fourth-order valence-electron chi connectivity index (χ4n) is 4.59. The van der Waals surface area contributed by atoms with Crippen molar-refractivity contribution in [3.8, 4) is 10.4 Å². The summed E-state index contributed by atoms with van der Waals surface area (Å²) < 4.78 is 30.5. The van der Waals surface area contributed by atoms with Crippen LogP contribution in [0.5, 0.6) is 0 Å². The summed E-state index contributed by atoms with van der Waals surface area (Å²) >= 11 is 1.29. The molecular formula is C27H31N3O6S2. The fraction of sp³-hybridized carbons (Fsp3) is 0.333. The maximum Gasteiger partial charge on any atom is 0.245 e. The van der Waals surface area contributed by atoms with Crippen LogP contribution in [0.2, 0.25) is 0 Å². The maximum absolute atomic E-state index is 13.2. The number of amides is 2. The number of rotatable bonds is 10. The highest BCUT2D eigenvalue weighted by Crippen LogP contribution is 2.47. The predicted molar refractivity (Wildman–Crippen MR) is 146 cm³/mol. The molecule has 0 spiro atoms. The van der Waals surface area contributed by atoms with E-state index in [4.69, 9.17) is 15.7 Å². The highest BCUT2D eigenvalue weighted by molar-refractivity contribution is 7.92. The molecule has 9 nitrogen and oxygen atoms in total. The number of carbonyl (C=O) groups excluding carboxylic acids is 2. The molecule has 1 aliphatic heterocycles. The lowest BCUT2D eigenvalue weighted by atomic mass is 9.94. The van der Waals surface area contributed by atoms with Gasteiger partial charge in [-0.25, -0.2) is 13.9 Å². The number of hydrogen-bond acceptors (Lipinski definition) is 8. The van der Waals surface area contributed by atoms with Crippen molar-refractivity contribution in [1.29, 1.82) is 0 Å². The van der Waals surface area contributed by atoms with Gasteiger partial charge < -0.3 is 15.8 Å². The minimum Gasteiger partial charge on any atom is -0.375 e. The number of nitrogens with one attached hydrogen (secondary N) is 2. The Morgan fingerprint density at radius 1 is 1.08 bits per heavy atom. The van der Waals surface area contributed by atoms with Gasteiger partial charge in [-0.05, 0) is 48.2 Å². The number of sulfone groups is 1. The summed E-state index contributed by atoms with van der Waals surface area (Å²) in [6.45, 7) is 0.419. The molecule has 0 saturated carbocycles. The molecule has 4 rings (SSSR count). The quantitative estimate of drug-likeness (QED) is 0.220. The van der Waals surface area contributed by atoms with Crippen molar-refractivity contribution in [3.63, 3.8) is 0 Å². The molecule has 2 atom stereocenters. The number of carbonyl (C=O) groups is 2. The van der Waals surface area contributed by atoms with Crippen molar-refractivity contribution in [1.82, 2.24) is 5.48 Å². The molecule has 2 aromatic carbocycles. The monoisotopic (exact) mass is 557 g/mol. The SMILES string of the molecule is N[C@@H](COCc1ccccc1)C(=O)Nc1cccc(-c2ccc([C@@]3(CC(=O)NO)CCCCS3(=O)=O)s2)c1. The van der Waals surface area contributed by atoms with Crippen LogP contribution in [0.25, 0.3) is 10.4 Å². The molecule has 202 valence electrons. The van der Waals surface area contributed by atoms with Crippen LogP contribution in [0.4, 0.5) is 5.69 Å². The molecular weight excluding hydrogens is 526 g/mol. The first-order chi connectivity index (χ1) is 18.2. The Balaban J connectivity index is 1.46. The lowest BCUT2D eigenvalue weighted by Gasteiger charge is -2.35. The second kappa shape index (κ2) is 12.2. The summed E-state index contributed by atoms with van der Waals surface area (Å²) in [5.41, 5.74) is 9.91. The van der Waals surface area contributed by atoms with Crippen LogP contribution in [-0.4, -0.2) is 43.8 Å². The van der Waals surface area contributed by atoms with Gasteiger partial charge in [0.2, 0.25) is 11.8 Å². The molecule has 1 aromatic heterocycles. The van der Waals surface area contributed by atoms with E-state index in [1.165, 1.54) is 11.3 Å². The smallest absolute Gasteiger partial charge is 0.245 e. The minimum absolute atomic E-state index is 0.00419. The summed E-state index contributed by atoms with van der Waals surface area (Å²) in [4.78, 5) is 26.0. The second-order valence-corrected chi connectivity index (χ2v) is 12.8. The standard InChI is InChI=1S/C27H31N3O6S2/c28-22(18-36-17-19-7-2-1-3-8-19)26(32)29-21-10-6-9-20(15-21)23-11-12-24(37-23)27(16-25(31)30-33)13-4-5-14-38(27,34)35/h1-3,6-12,15,22,33H,4-5,13-14,16-18,28H2,(H,29,32)(H,30,31)/t22-,27-/m0/s1. The van der Waals surface area contributed by atoms with Crippen molar-refractivity contribution >= 4 is 38.7 Å². The molecule has 3 aromatic rings. The minimum atomic E-state index is -3.62. The third kappa shape index (κ3) is 6.30. The van der Waals surface area contributed by atoms with Crippen molar-refractivity contribution in [2.75, 3.05) is 17.7 Å². The third-order valence-corrected chi connectivity index (χ3v) is 10.7. The Hall–Kier alpha value is -3.09. The molecule has 1 fully saturated rings. The lowest BCUT2D eigenvalue weighted by molar-refractivity contribution is -0.130. The number of ether oxygens (including phenoxy) is 1. The topological polar surface area (TPSA) is 148 Å². The van der Waals surface area contributed by atoms with Crippen LogP contribution in [0.1, 0.15) is 36.1 Å². The first-order valence-corrected chi connectivity index (χ1v) is 14.7. The van der Waals surface area contributed by atoms with Gasteiger partial charge in [-0.2, -0.15) is 0 Å². The largest absolute Gasteiger partial charge is 0.375 e. The van der Waals surface area contributed by atoms with Gasteiger partial charge in [0.15, 0.2) is 9.84 Å². The van der Waals surface area contributed by atoms with Gasteiger partial charge in [-0.1, -0.05) is 48.9 Å². The van der Waals surface area contributed by atoms with Crippen molar-refractivity contribution in [3.05, 3.63) is 77.2 Å². The van der Waals surface area contributed by atoms with Crippen LogP contribution in [0.15, 0.2) is 66.7 Å². The Kier molecular flexibility index (Phi) is 8.95. The van der Waals surface area contributed by atoms with Gasteiger partial charge >= 0.3 is 0 Å². The number of nitrogens with two attached hydrogens (primary N) is 1. The molecule has 11 heteroatoms. The summed E-state index contributed by atoms with van der Waals surface area (Å²) in [7, 11) is -3.62.